The maximum absolute atomic E-state index is 11.0. The lowest BCUT2D eigenvalue weighted by molar-refractivity contribution is -0.384. The Hall–Kier alpha value is -2.43. The molecule has 2 aromatic rings. The van der Waals surface area contributed by atoms with Crippen LogP contribution in [-0.4, -0.2) is 42.5 Å². The Balaban J connectivity index is 0.00000338. The van der Waals surface area contributed by atoms with Crippen molar-refractivity contribution in [2.75, 3.05) is 32.0 Å². The third-order valence-corrected chi connectivity index (χ3v) is 3.46. The van der Waals surface area contributed by atoms with E-state index >= 15 is 0 Å². The molecule has 0 amide bonds. The zero-order chi connectivity index (χ0) is 17.9. The minimum Gasteiger partial charge on any atom is -0.378 e. The number of pyridine rings is 1. The van der Waals surface area contributed by atoms with Crippen molar-refractivity contribution in [1.29, 1.82) is 0 Å². The number of benzene rings is 1. The van der Waals surface area contributed by atoms with Gasteiger partial charge in [0.1, 0.15) is 5.69 Å². The number of hydrogen-bond donors (Lipinski definition) is 3. The van der Waals surface area contributed by atoms with Gasteiger partial charge in [-0.3, -0.25) is 20.1 Å². The highest BCUT2D eigenvalue weighted by molar-refractivity contribution is 14.0. The minimum atomic E-state index is -0.395. The number of aliphatic imine (C=N–C) groups is 1. The van der Waals surface area contributed by atoms with Gasteiger partial charge in [-0.15, -0.1) is 24.0 Å². The number of halogens is 1. The van der Waals surface area contributed by atoms with Crippen molar-refractivity contribution >= 4 is 41.3 Å². The Kier molecular flexibility index (Phi) is 9.98. The zero-order valence-corrected chi connectivity index (χ0v) is 16.8. The molecule has 0 aliphatic heterocycles. The fourth-order valence-electron chi connectivity index (χ4n) is 2.24. The number of aromatic nitrogens is 1. The lowest BCUT2D eigenvalue weighted by Crippen LogP contribution is -2.40. The lowest BCUT2D eigenvalue weighted by Gasteiger charge is -2.12. The smallest absolute Gasteiger partial charge is 0.292 e. The monoisotopic (exact) mass is 470 g/mol. The molecule has 8 nitrogen and oxygen atoms in total. The van der Waals surface area contributed by atoms with E-state index in [0.29, 0.717) is 31.3 Å². The topological polar surface area (TPSA) is 104 Å². The Morgan fingerprint density at radius 2 is 1.85 bits per heavy atom. The van der Waals surface area contributed by atoms with Crippen molar-refractivity contribution in [2.24, 2.45) is 4.99 Å². The number of nitrogens with zero attached hydrogens (tertiary/aromatic N) is 3. The van der Waals surface area contributed by atoms with Crippen LogP contribution >= 0.6 is 24.0 Å². The molecule has 0 saturated carbocycles. The maximum atomic E-state index is 11.0. The summed E-state index contributed by atoms with van der Waals surface area (Å²) in [6.45, 7) is 1.83. The molecule has 0 unspecified atom stereocenters. The highest BCUT2D eigenvalue weighted by Gasteiger charge is 2.11. The summed E-state index contributed by atoms with van der Waals surface area (Å²) in [6.07, 6.45) is 2.58. The van der Waals surface area contributed by atoms with Crippen LogP contribution in [0.5, 0.6) is 0 Å². The van der Waals surface area contributed by atoms with Gasteiger partial charge in [0.05, 0.1) is 4.92 Å². The van der Waals surface area contributed by atoms with E-state index in [1.54, 1.807) is 31.4 Å². The van der Waals surface area contributed by atoms with Crippen molar-refractivity contribution in [3.8, 4) is 0 Å². The zero-order valence-electron chi connectivity index (χ0n) is 14.5. The molecule has 0 spiro atoms. The van der Waals surface area contributed by atoms with Gasteiger partial charge in [-0.1, -0.05) is 18.2 Å². The van der Waals surface area contributed by atoms with Gasteiger partial charge < -0.3 is 16.0 Å². The molecule has 1 heterocycles. The number of nitro groups is 1. The first-order valence-electron chi connectivity index (χ1n) is 8.02. The van der Waals surface area contributed by atoms with Gasteiger partial charge in [0.2, 0.25) is 0 Å². The van der Waals surface area contributed by atoms with E-state index in [1.165, 1.54) is 6.07 Å². The van der Waals surface area contributed by atoms with Crippen LogP contribution in [0.4, 0.5) is 11.4 Å². The second-order valence-electron chi connectivity index (χ2n) is 5.20. The fourth-order valence-corrected chi connectivity index (χ4v) is 2.24. The molecule has 26 heavy (non-hydrogen) atoms. The number of guanidine groups is 1. The van der Waals surface area contributed by atoms with E-state index in [-0.39, 0.29) is 29.7 Å². The summed E-state index contributed by atoms with van der Waals surface area (Å²) in [5, 5.41) is 20.4. The molecule has 0 fully saturated rings. The Morgan fingerprint density at radius 1 is 1.12 bits per heavy atom. The van der Waals surface area contributed by atoms with Crippen molar-refractivity contribution in [2.45, 2.75) is 6.42 Å². The lowest BCUT2D eigenvalue weighted by atomic mass is 10.2. The molecule has 0 atom stereocenters. The van der Waals surface area contributed by atoms with Crippen LogP contribution in [0.3, 0.4) is 0 Å². The molecule has 0 aliphatic carbocycles. The normalized spacial score (nSPS) is 10.6. The highest BCUT2D eigenvalue weighted by atomic mass is 127. The highest BCUT2D eigenvalue weighted by Crippen LogP contribution is 2.22. The molecule has 2 rings (SSSR count). The van der Waals surface area contributed by atoms with Crippen LogP contribution in [0, 0.1) is 10.1 Å². The summed E-state index contributed by atoms with van der Waals surface area (Å²) < 4.78 is 0. The number of hydrogen-bond acceptors (Lipinski definition) is 5. The van der Waals surface area contributed by atoms with Crippen molar-refractivity contribution in [3.63, 3.8) is 0 Å². The van der Waals surface area contributed by atoms with Crippen molar-refractivity contribution in [1.82, 2.24) is 15.6 Å². The van der Waals surface area contributed by atoms with Crippen LogP contribution in [0.1, 0.15) is 5.69 Å². The van der Waals surface area contributed by atoms with E-state index in [4.69, 9.17) is 0 Å². The summed E-state index contributed by atoms with van der Waals surface area (Å²) in [5.74, 6) is 0.681. The first-order chi connectivity index (χ1) is 12.2. The molecule has 0 aliphatic rings. The van der Waals surface area contributed by atoms with Crippen LogP contribution in [0.25, 0.3) is 0 Å². The van der Waals surface area contributed by atoms with E-state index in [0.717, 1.165) is 12.1 Å². The van der Waals surface area contributed by atoms with Crippen LogP contribution < -0.4 is 16.0 Å². The first-order valence-corrected chi connectivity index (χ1v) is 8.02. The standard InChI is InChI=1S/C17H22N6O2.HI/c1-18-17(21-11-9-14-6-4-5-10-19-14)22-13-12-20-15-7-2-3-8-16(15)23(24)25;/h2-8,10,20H,9,11-13H2,1H3,(H2,18,21,22);1H. The number of nitrogens with one attached hydrogen (secondary N) is 3. The number of para-hydroxylation sites is 2. The van der Waals surface area contributed by atoms with E-state index in [1.807, 2.05) is 18.2 Å². The Bertz CT molecular complexity index is 711. The molecule has 0 radical (unpaired) electrons. The second-order valence-corrected chi connectivity index (χ2v) is 5.20. The minimum absolute atomic E-state index is 0. The molecule has 3 N–H and O–H groups in total. The fraction of sp³-hybridized carbons (Fsp3) is 0.294. The van der Waals surface area contributed by atoms with E-state index in [9.17, 15) is 10.1 Å². The third-order valence-electron chi connectivity index (χ3n) is 3.46. The molecule has 0 saturated heterocycles. The predicted octanol–water partition coefficient (Wildman–Crippen LogP) is 2.43. The largest absolute Gasteiger partial charge is 0.378 e. The predicted molar refractivity (Wildman–Crippen MR) is 114 cm³/mol. The van der Waals surface area contributed by atoms with Gasteiger partial charge in [-0.2, -0.15) is 0 Å². The van der Waals surface area contributed by atoms with Crippen LogP contribution in [0.2, 0.25) is 0 Å². The molecule has 1 aromatic carbocycles. The molecule has 140 valence electrons. The van der Waals surface area contributed by atoms with Crippen molar-refractivity contribution < 1.29 is 4.92 Å². The van der Waals surface area contributed by atoms with Crippen molar-refractivity contribution in [3.05, 3.63) is 64.5 Å². The summed E-state index contributed by atoms with van der Waals surface area (Å²) in [4.78, 5) is 19.0. The molecule has 9 heteroatoms. The molecule has 0 bridgehead atoms. The molecular weight excluding hydrogens is 447 g/mol. The average molecular weight is 470 g/mol. The quantitative estimate of drug-likeness (QED) is 0.137. The Morgan fingerprint density at radius 3 is 2.54 bits per heavy atom. The summed E-state index contributed by atoms with van der Waals surface area (Å²) in [5.41, 5.74) is 1.59. The van der Waals surface area contributed by atoms with Gasteiger partial charge in [0.15, 0.2) is 5.96 Å². The molecule has 1 aromatic heterocycles. The van der Waals surface area contributed by atoms with E-state index < -0.39 is 4.92 Å². The molecular formula is C17H23IN6O2. The van der Waals surface area contributed by atoms with Gasteiger partial charge in [0.25, 0.3) is 5.69 Å². The van der Waals surface area contributed by atoms with Crippen LogP contribution in [0.15, 0.2) is 53.7 Å². The summed E-state index contributed by atoms with van der Waals surface area (Å²) >= 11 is 0. The van der Waals surface area contributed by atoms with Gasteiger partial charge >= 0.3 is 0 Å². The second kappa shape index (κ2) is 12.0. The maximum Gasteiger partial charge on any atom is 0.292 e. The summed E-state index contributed by atoms with van der Waals surface area (Å²) in [6, 6.07) is 12.4. The SMILES string of the molecule is CN=C(NCCNc1ccccc1[N+](=O)[O-])NCCc1ccccn1.I. The Labute approximate surface area is 169 Å². The average Bonchev–Trinajstić information content (AvgIpc) is 2.64. The van der Waals surface area contributed by atoms with Gasteiger partial charge in [-0.25, -0.2) is 0 Å². The number of rotatable bonds is 8. The number of anilines is 1. The van der Waals surface area contributed by atoms with Gasteiger partial charge in [0, 0.05) is 51.1 Å². The number of nitro benzene ring substituents is 1. The van der Waals surface area contributed by atoms with Crippen LogP contribution in [-0.2, 0) is 6.42 Å². The third kappa shape index (κ3) is 7.21. The van der Waals surface area contributed by atoms with Gasteiger partial charge in [-0.05, 0) is 18.2 Å². The van der Waals surface area contributed by atoms with E-state index in [2.05, 4.69) is 25.9 Å². The summed E-state index contributed by atoms with van der Waals surface area (Å²) in [7, 11) is 1.70. The first kappa shape index (κ1) is 21.6.